The average molecular weight is 376 g/mol. The molecule has 0 saturated carbocycles. The Hall–Kier alpha value is -2.82. The molecule has 0 atom stereocenters. The van der Waals surface area contributed by atoms with Crippen LogP contribution in [0.15, 0.2) is 24.3 Å². The Morgan fingerprint density at radius 1 is 1.08 bits per heavy atom. The van der Waals surface area contributed by atoms with Crippen LogP contribution in [0.2, 0.25) is 0 Å². The van der Waals surface area contributed by atoms with Crippen molar-refractivity contribution < 1.29 is 32.3 Å². The number of nitrogens with one attached hydrogen (secondary N) is 3. The molecule has 0 spiro atoms. The van der Waals surface area contributed by atoms with Gasteiger partial charge in [-0.3, -0.25) is 19.8 Å². The number of anilines is 1. The van der Waals surface area contributed by atoms with Gasteiger partial charge in [0.05, 0.1) is 20.2 Å². The third-order valence-electron chi connectivity index (χ3n) is 2.90. The van der Waals surface area contributed by atoms with Crippen LogP contribution in [0.1, 0.15) is 0 Å². The quantitative estimate of drug-likeness (QED) is 0.658. The van der Waals surface area contributed by atoms with Crippen molar-refractivity contribution in [1.29, 1.82) is 0 Å². The van der Waals surface area contributed by atoms with Crippen molar-refractivity contribution in [3.8, 4) is 5.75 Å². The van der Waals surface area contributed by atoms with Crippen molar-refractivity contribution in [2.45, 2.75) is 6.18 Å². The number of halogens is 3. The number of rotatable bonds is 7. The Morgan fingerprint density at radius 3 is 2.19 bits per heavy atom. The highest BCUT2D eigenvalue weighted by molar-refractivity contribution is 5.96. The molecule has 1 aromatic carbocycles. The van der Waals surface area contributed by atoms with E-state index in [0.29, 0.717) is 11.4 Å². The first-order valence-electron chi connectivity index (χ1n) is 7.36. The molecule has 0 aliphatic carbocycles. The van der Waals surface area contributed by atoms with Gasteiger partial charge in [0.1, 0.15) is 12.3 Å². The third kappa shape index (κ3) is 8.87. The van der Waals surface area contributed by atoms with E-state index in [0.717, 1.165) is 0 Å². The molecule has 3 N–H and O–H groups in total. The fourth-order valence-corrected chi connectivity index (χ4v) is 1.81. The molecular formula is C15H19F3N4O4. The Balaban J connectivity index is 2.35. The van der Waals surface area contributed by atoms with Gasteiger partial charge in [-0.05, 0) is 31.3 Å². The van der Waals surface area contributed by atoms with Crippen LogP contribution in [0.5, 0.6) is 5.75 Å². The first-order valence-corrected chi connectivity index (χ1v) is 7.36. The van der Waals surface area contributed by atoms with Crippen LogP contribution in [0.3, 0.4) is 0 Å². The maximum atomic E-state index is 11.9. The zero-order chi connectivity index (χ0) is 19.7. The molecule has 0 radical (unpaired) electrons. The molecule has 0 fully saturated rings. The molecule has 26 heavy (non-hydrogen) atoms. The third-order valence-corrected chi connectivity index (χ3v) is 2.90. The summed E-state index contributed by atoms with van der Waals surface area (Å²) in [5.74, 6) is -0.628. The summed E-state index contributed by atoms with van der Waals surface area (Å²) in [7, 11) is 2.96. The second-order valence-electron chi connectivity index (χ2n) is 5.29. The van der Waals surface area contributed by atoms with Crippen molar-refractivity contribution in [3.05, 3.63) is 24.3 Å². The van der Waals surface area contributed by atoms with Crippen LogP contribution in [-0.4, -0.2) is 62.7 Å². The van der Waals surface area contributed by atoms with Gasteiger partial charge in [-0.15, -0.1) is 0 Å². The minimum atomic E-state index is -4.57. The zero-order valence-electron chi connectivity index (χ0n) is 14.1. The summed E-state index contributed by atoms with van der Waals surface area (Å²) >= 11 is 0. The van der Waals surface area contributed by atoms with E-state index < -0.39 is 30.6 Å². The minimum Gasteiger partial charge on any atom is -0.497 e. The lowest BCUT2D eigenvalue weighted by atomic mass is 10.3. The van der Waals surface area contributed by atoms with Crippen LogP contribution in [0, 0.1) is 0 Å². The number of methoxy groups -OCH3 is 1. The van der Waals surface area contributed by atoms with Crippen LogP contribution in [0.4, 0.5) is 23.7 Å². The molecule has 0 saturated heterocycles. The summed E-state index contributed by atoms with van der Waals surface area (Å²) < 4.78 is 40.8. The van der Waals surface area contributed by atoms with Crippen molar-refractivity contribution in [1.82, 2.24) is 15.5 Å². The molecular weight excluding hydrogens is 357 g/mol. The molecule has 0 aliphatic rings. The monoisotopic (exact) mass is 376 g/mol. The predicted octanol–water partition coefficient (Wildman–Crippen LogP) is 0.954. The number of urea groups is 1. The summed E-state index contributed by atoms with van der Waals surface area (Å²) in [6.07, 6.45) is -4.57. The number of ether oxygens (including phenoxy) is 1. The Morgan fingerprint density at radius 2 is 1.65 bits per heavy atom. The van der Waals surface area contributed by atoms with E-state index in [1.54, 1.807) is 29.6 Å². The van der Waals surface area contributed by atoms with Gasteiger partial charge in [0.2, 0.25) is 11.8 Å². The number of alkyl halides is 3. The van der Waals surface area contributed by atoms with Crippen LogP contribution < -0.4 is 20.7 Å². The fraction of sp³-hybridized carbons (Fsp3) is 0.400. The topological polar surface area (TPSA) is 99.8 Å². The van der Waals surface area contributed by atoms with E-state index in [-0.39, 0.29) is 13.1 Å². The van der Waals surface area contributed by atoms with E-state index in [4.69, 9.17) is 4.74 Å². The number of imide groups is 1. The molecule has 11 heteroatoms. The Labute approximate surface area is 147 Å². The molecule has 0 aromatic heterocycles. The highest BCUT2D eigenvalue weighted by Crippen LogP contribution is 2.14. The van der Waals surface area contributed by atoms with E-state index >= 15 is 0 Å². The van der Waals surface area contributed by atoms with Gasteiger partial charge < -0.3 is 15.4 Å². The Bertz CT molecular complexity index is 635. The molecule has 1 aromatic rings. The van der Waals surface area contributed by atoms with Crippen molar-refractivity contribution in [2.24, 2.45) is 0 Å². The second-order valence-corrected chi connectivity index (χ2v) is 5.29. The Kier molecular flexibility index (Phi) is 7.84. The molecule has 8 nitrogen and oxygen atoms in total. The number of amides is 4. The van der Waals surface area contributed by atoms with E-state index in [1.807, 2.05) is 0 Å². The molecule has 0 heterocycles. The number of carbonyl (C=O) groups excluding carboxylic acids is 3. The maximum absolute atomic E-state index is 11.9. The number of hydrogen-bond acceptors (Lipinski definition) is 5. The lowest BCUT2D eigenvalue weighted by molar-refractivity contribution is -0.125. The number of hydrogen-bond donors (Lipinski definition) is 3. The predicted molar refractivity (Wildman–Crippen MR) is 86.7 cm³/mol. The summed E-state index contributed by atoms with van der Waals surface area (Å²) in [6, 6.07) is 5.32. The molecule has 144 valence electrons. The van der Waals surface area contributed by atoms with Gasteiger partial charge >= 0.3 is 12.2 Å². The normalized spacial score (nSPS) is 11.0. The van der Waals surface area contributed by atoms with Crippen molar-refractivity contribution in [2.75, 3.05) is 39.1 Å². The smallest absolute Gasteiger partial charge is 0.405 e. The number of nitrogens with zero attached hydrogens (tertiary/aromatic N) is 1. The molecule has 0 bridgehead atoms. The first-order chi connectivity index (χ1) is 12.1. The standard InChI is InChI=1S/C15H19F3N4O4/c1-22(8-13(24)21-14(25)19-9-15(16,17)18)7-12(23)20-10-3-5-11(26-2)6-4-10/h3-6H,7-9H2,1-2H3,(H,20,23)(H2,19,21,24,25). The highest BCUT2D eigenvalue weighted by Gasteiger charge is 2.28. The molecule has 4 amide bonds. The maximum Gasteiger partial charge on any atom is 0.405 e. The van der Waals surface area contributed by atoms with Gasteiger partial charge in [0.15, 0.2) is 0 Å². The molecule has 1 rings (SSSR count). The summed E-state index contributed by atoms with van der Waals surface area (Å²) in [6.45, 7) is -2.06. The average Bonchev–Trinajstić information content (AvgIpc) is 2.52. The first kappa shape index (κ1) is 21.2. The van der Waals surface area contributed by atoms with Gasteiger partial charge in [-0.25, -0.2) is 4.79 Å². The van der Waals surface area contributed by atoms with Gasteiger partial charge in [0.25, 0.3) is 0 Å². The minimum absolute atomic E-state index is 0.163. The lowest BCUT2D eigenvalue weighted by Gasteiger charge is -2.16. The fourth-order valence-electron chi connectivity index (χ4n) is 1.81. The SMILES string of the molecule is COc1ccc(NC(=O)CN(C)CC(=O)NC(=O)NCC(F)(F)F)cc1. The highest BCUT2D eigenvalue weighted by atomic mass is 19.4. The van der Waals surface area contributed by atoms with Crippen LogP contribution in [-0.2, 0) is 9.59 Å². The van der Waals surface area contributed by atoms with Gasteiger partial charge in [-0.1, -0.05) is 0 Å². The van der Waals surface area contributed by atoms with Gasteiger partial charge in [0, 0.05) is 5.69 Å². The van der Waals surface area contributed by atoms with Crippen LogP contribution in [0.25, 0.3) is 0 Å². The van der Waals surface area contributed by atoms with Crippen molar-refractivity contribution in [3.63, 3.8) is 0 Å². The number of likely N-dealkylation sites (N-methyl/N-ethyl adjacent to an activating group) is 1. The summed E-state index contributed by atoms with van der Waals surface area (Å²) in [4.78, 5) is 35.9. The number of benzene rings is 1. The molecule has 0 aliphatic heterocycles. The summed E-state index contributed by atoms with van der Waals surface area (Å²) in [5, 5.41) is 5.85. The van der Waals surface area contributed by atoms with Gasteiger partial charge in [-0.2, -0.15) is 13.2 Å². The van der Waals surface area contributed by atoms with Crippen LogP contribution >= 0.6 is 0 Å². The van der Waals surface area contributed by atoms with E-state index in [1.165, 1.54) is 24.4 Å². The molecule has 0 unspecified atom stereocenters. The summed E-state index contributed by atoms with van der Waals surface area (Å²) in [5.41, 5.74) is 0.528. The van der Waals surface area contributed by atoms with E-state index in [2.05, 4.69) is 5.32 Å². The lowest BCUT2D eigenvalue weighted by Crippen LogP contribution is -2.47. The number of carbonyl (C=O) groups is 3. The zero-order valence-corrected chi connectivity index (χ0v) is 14.1. The second kappa shape index (κ2) is 9.61. The van der Waals surface area contributed by atoms with E-state index in [9.17, 15) is 27.6 Å². The van der Waals surface area contributed by atoms with Crippen molar-refractivity contribution >= 4 is 23.5 Å². The largest absolute Gasteiger partial charge is 0.497 e.